The average Bonchev–Trinajstić information content (AvgIpc) is 2.70. The van der Waals surface area contributed by atoms with E-state index in [2.05, 4.69) is 26.6 Å². The lowest BCUT2D eigenvalue weighted by Gasteiger charge is -2.14. The SMILES string of the molecule is CCNC(=O)C(C)NC(=O)c1cc(Br)cn1CC. The third-order valence-electron chi connectivity index (χ3n) is 2.53. The molecular formula is C12H18BrN3O2. The van der Waals surface area contributed by atoms with Gasteiger partial charge in [-0.1, -0.05) is 0 Å². The van der Waals surface area contributed by atoms with Crippen molar-refractivity contribution in [2.75, 3.05) is 6.54 Å². The predicted molar refractivity (Wildman–Crippen MR) is 73.4 cm³/mol. The molecule has 5 nitrogen and oxygen atoms in total. The number of hydrogen-bond donors (Lipinski definition) is 2. The largest absolute Gasteiger partial charge is 0.355 e. The van der Waals surface area contributed by atoms with Gasteiger partial charge < -0.3 is 15.2 Å². The summed E-state index contributed by atoms with van der Waals surface area (Å²) >= 11 is 3.33. The Labute approximate surface area is 115 Å². The Morgan fingerprint density at radius 3 is 2.67 bits per heavy atom. The summed E-state index contributed by atoms with van der Waals surface area (Å²) in [5.74, 6) is -0.430. The smallest absolute Gasteiger partial charge is 0.268 e. The summed E-state index contributed by atoms with van der Waals surface area (Å²) in [6.07, 6.45) is 1.84. The summed E-state index contributed by atoms with van der Waals surface area (Å²) in [5.41, 5.74) is 0.542. The molecule has 1 atom stereocenters. The lowest BCUT2D eigenvalue weighted by Crippen LogP contribution is -2.45. The molecule has 1 aromatic rings. The molecule has 1 unspecified atom stereocenters. The van der Waals surface area contributed by atoms with Crippen molar-refractivity contribution in [2.24, 2.45) is 0 Å². The van der Waals surface area contributed by atoms with Crippen LogP contribution in [0.25, 0.3) is 0 Å². The topological polar surface area (TPSA) is 63.1 Å². The number of likely N-dealkylation sites (N-methyl/N-ethyl adjacent to an activating group) is 1. The number of carbonyl (C=O) groups excluding carboxylic acids is 2. The number of halogens is 1. The Bertz CT molecular complexity index is 443. The van der Waals surface area contributed by atoms with Crippen molar-refractivity contribution in [3.8, 4) is 0 Å². The first-order valence-corrected chi connectivity index (χ1v) is 6.73. The first kappa shape index (κ1) is 14.8. The molecule has 0 aliphatic carbocycles. The Morgan fingerprint density at radius 1 is 1.44 bits per heavy atom. The molecule has 100 valence electrons. The van der Waals surface area contributed by atoms with E-state index in [1.165, 1.54) is 0 Å². The van der Waals surface area contributed by atoms with Gasteiger partial charge in [-0.25, -0.2) is 0 Å². The number of hydrogen-bond acceptors (Lipinski definition) is 2. The van der Waals surface area contributed by atoms with Gasteiger partial charge >= 0.3 is 0 Å². The molecule has 0 aromatic carbocycles. The second kappa shape index (κ2) is 6.58. The molecule has 0 fully saturated rings. The maximum atomic E-state index is 12.0. The molecule has 1 aromatic heterocycles. The number of rotatable bonds is 5. The number of nitrogens with one attached hydrogen (secondary N) is 2. The quantitative estimate of drug-likeness (QED) is 0.865. The van der Waals surface area contributed by atoms with Crippen LogP contribution < -0.4 is 10.6 Å². The zero-order valence-corrected chi connectivity index (χ0v) is 12.4. The Kier molecular flexibility index (Phi) is 5.40. The molecule has 0 aliphatic heterocycles. The van der Waals surface area contributed by atoms with Crippen LogP contribution in [0.4, 0.5) is 0 Å². The fraction of sp³-hybridized carbons (Fsp3) is 0.500. The summed E-state index contributed by atoms with van der Waals surface area (Å²) in [4.78, 5) is 23.6. The number of aromatic nitrogens is 1. The molecular weight excluding hydrogens is 298 g/mol. The molecule has 18 heavy (non-hydrogen) atoms. The van der Waals surface area contributed by atoms with Crippen molar-refractivity contribution in [3.05, 3.63) is 22.4 Å². The second-order valence-electron chi connectivity index (χ2n) is 3.92. The fourth-order valence-electron chi connectivity index (χ4n) is 1.59. The average molecular weight is 316 g/mol. The van der Waals surface area contributed by atoms with Crippen molar-refractivity contribution >= 4 is 27.7 Å². The molecule has 1 heterocycles. The van der Waals surface area contributed by atoms with Gasteiger partial charge in [0, 0.05) is 23.8 Å². The zero-order valence-electron chi connectivity index (χ0n) is 10.8. The van der Waals surface area contributed by atoms with E-state index in [1.807, 2.05) is 24.6 Å². The minimum absolute atomic E-state index is 0.181. The number of aryl methyl sites for hydroxylation is 1. The van der Waals surface area contributed by atoms with Gasteiger partial charge in [0.05, 0.1) is 0 Å². The van der Waals surface area contributed by atoms with E-state index in [-0.39, 0.29) is 11.8 Å². The summed E-state index contributed by atoms with van der Waals surface area (Å²) in [6.45, 7) is 6.71. The van der Waals surface area contributed by atoms with Gasteiger partial charge in [0.1, 0.15) is 11.7 Å². The van der Waals surface area contributed by atoms with Crippen molar-refractivity contribution in [1.82, 2.24) is 15.2 Å². The summed E-state index contributed by atoms with van der Waals surface area (Å²) < 4.78 is 2.67. The van der Waals surface area contributed by atoms with Gasteiger partial charge in [0.15, 0.2) is 0 Å². The number of nitrogens with zero attached hydrogens (tertiary/aromatic N) is 1. The monoisotopic (exact) mass is 315 g/mol. The van der Waals surface area contributed by atoms with Crippen molar-refractivity contribution in [2.45, 2.75) is 33.4 Å². The maximum absolute atomic E-state index is 12.0. The highest BCUT2D eigenvalue weighted by Gasteiger charge is 2.18. The van der Waals surface area contributed by atoms with E-state index in [9.17, 15) is 9.59 Å². The number of amides is 2. The van der Waals surface area contributed by atoms with Crippen molar-refractivity contribution < 1.29 is 9.59 Å². The van der Waals surface area contributed by atoms with E-state index in [0.29, 0.717) is 18.8 Å². The molecule has 0 aliphatic rings. The Balaban J connectivity index is 2.73. The summed E-state index contributed by atoms with van der Waals surface area (Å²) in [6, 6.07) is 1.19. The van der Waals surface area contributed by atoms with Crippen LogP contribution in [0.3, 0.4) is 0 Å². The lowest BCUT2D eigenvalue weighted by atomic mass is 10.3. The van der Waals surface area contributed by atoms with Gasteiger partial charge in [-0.3, -0.25) is 9.59 Å². The first-order valence-electron chi connectivity index (χ1n) is 5.93. The van der Waals surface area contributed by atoms with E-state index in [1.54, 1.807) is 13.0 Å². The third-order valence-corrected chi connectivity index (χ3v) is 2.96. The standard InChI is InChI=1S/C12H18BrN3O2/c1-4-14-11(17)8(3)15-12(18)10-6-9(13)7-16(10)5-2/h6-8H,4-5H2,1-3H3,(H,14,17)(H,15,18). The minimum atomic E-state index is -0.545. The molecule has 0 radical (unpaired) electrons. The highest BCUT2D eigenvalue weighted by atomic mass is 79.9. The van der Waals surface area contributed by atoms with E-state index in [0.717, 1.165) is 4.47 Å². The zero-order chi connectivity index (χ0) is 13.7. The highest BCUT2D eigenvalue weighted by molar-refractivity contribution is 9.10. The highest BCUT2D eigenvalue weighted by Crippen LogP contribution is 2.15. The Morgan fingerprint density at radius 2 is 2.11 bits per heavy atom. The van der Waals surface area contributed by atoms with E-state index in [4.69, 9.17) is 0 Å². The molecule has 1 rings (SSSR count). The molecule has 0 spiro atoms. The predicted octanol–water partition coefficient (Wildman–Crippen LogP) is 1.52. The van der Waals surface area contributed by atoms with Gasteiger partial charge in [-0.15, -0.1) is 0 Å². The Hall–Kier alpha value is -1.30. The minimum Gasteiger partial charge on any atom is -0.355 e. The van der Waals surface area contributed by atoms with Crippen LogP contribution in [0, 0.1) is 0 Å². The van der Waals surface area contributed by atoms with Crippen LogP contribution in [-0.2, 0) is 11.3 Å². The molecule has 2 N–H and O–H groups in total. The normalized spacial score (nSPS) is 12.0. The van der Waals surface area contributed by atoms with Crippen molar-refractivity contribution in [3.63, 3.8) is 0 Å². The first-order chi connectivity index (χ1) is 8.49. The number of carbonyl (C=O) groups is 2. The molecule has 2 amide bonds. The van der Waals surface area contributed by atoms with Crippen LogP contribution in [-0.4, -0.2) is 29.0 Å². The van der Waals surface area contributed by atoms with Crippen LogP contribution >= 0.6 is 15.9 Å². The van der Waals surface area contributed by atoms with Crippen LogP contribution in [0.2, 0.25) is 0 Å². The van der Waals surface area contributed by atoms with E-state index < -0.39 is 6.04 Å². The summed E-state index contributed by atoms with van der Waals surface area (Å²) in [5, 5.41) is 5.34. The molecule has 6 heteroatoms. The molecule has 0 bridgehead atoms. The van der Waals surface area contributed by atoms with Crippen molar-refractivity contribution in [1.29, 1.82) is 0 Å². The second-order valence-corrected chi connectivity index (χ2v) is 4.83. The molecule has 0 saturated carbocycles. The lowest BCUT2D eigenvalue weighted by molar-refractivity contribution is -0.122. The van der Waals surface area contributed by atoms with E-state index >= 15 is 0 Å². The van der Waals surface area contributed by atoms with Crippen LogP contribution in [0.5, 0.6) is 0 Å². The third kappa shape index (κ3) is 3.60. The maximum Gasteiger partial charge on any atom is 0.268 e. The summed E-state index contributed by atoms with van der Waals surface area (Å²) in [7, 11) is 0. The fourth-order valence-corrected chi connectivity index (χ4v) is 2.05. The molecule has 0 saturated heterocycles. The van der Waals surface area contributed by atoms with Gasteiger partial charge in [0.25, 0.3) is 5.91 Å². The van der Waals surface area contributed by atoms with Gasteiger partial charge in [0.2, 0.25) is 5.91 Å². The van der Waals surface area contributed by atoms with Crippen LogP contribution in [0.1, 0.15) is 31.3 Å². The van der Waals surface area contributed by atoms with Crippen LogP contribution in [0.15, 0.2) is 16.7 Å². The van der Waals surface area contributed by atoms with Gasteiger partial charge in [-0.05, 0) is 42.8 Å². The van der Waals surface area contributed by atoms with Gasteiger partial charge in [-0.2, -0.15) is 0 Å².